The van der Waals surface area contributed by atoms with Crippen molar-refractivity contribution in [2.45, 2.75) is 13.5 Å². The van der Waals surface area contributed by atoms with E-state index in [0.29, 0.717) is 22.3 Å². The standard InChI is InChI=1S/C18H14Cl2N2O2S/c1-2-22-15(13-4-3-5-14(19)16(13)20)10-25-18(22)21-12-8-6-11(7-9-12)17(23)24/h3-10H,2H2,1H3,(H,23,24). The van der Waals surface area contributed by atoms with Crippen LogP contribution in [0.3, 0.4) is 0 Å². The molecule has 2 aromatic carbocycles. The van der Waals surface area contributed by atoms with Gasteiger partial charge in [0, 0.05) is 17.5 Å². The van der Waals surface area contributed by atoms with E-state index in [0.717, 1.165) is 16.1 Å². The van der Waals surface area contributed by atoms with Crippen molar-refractivity contribution in [3.8, 4) is 11.3 Å². The molecule has 0 aliphatic heterocycles. The second-order valence-corrected chi connectivity index (χ2v) is 6.83. The Kier molecular flexibility index (Phi) is 5.27. The first kappa shape index (κ1) is 17.7. The van der Waals surface area contributed by atoms with Crippen molar-refractivity contribution in [2.24, 2.45) is 4.99 Å². The van der Waals surface area contributed by atoms with Gasteiger partial charge in [-0.25, -0.2) is 9.79 Å². The van der Waals surface area contributed by atoms with Crippen LogP contribution in [0.2, 0.25) is 10.0 Å². The van der Waals surface area contributed by atoms with Crippen molar-refractivity contribution in [1.82, 2.24) is 4.57 Å². The minimum atomic E-state index is -0.954. The van der Waals surface area contributed by atoms with Gasteiger partial charge in [0.05, 0.1) is 27.0 Å². The van der Waals surface area contributed by atoms with Gasteiger partial charge in [0.25, 0.3) is 0 Å². The molecule has 0 fully saturated rings. The molecule has 0 saturated carbocycles. The molecule has 0 spiro atoms. The zero-order valence-electron chi connectivity index (χ0n) is 13.2. The number of benzene rings is 2. The van der Waals surface area contributed by atoms with Crippen LogP contribution in [-0.2, 0) is 6.54 Å². The van der Waals surface area contributed by atoms with Gasteiger partial charge in [0.15, 0.2) is 4.80 Å². The molecule has 0 amide bonds. The largest absolute Gasteiger partial charge is 0.478 e. The highest BCUT2D eigenvalue weighted by molar-refractivity contribution is 7.07. The van der Waals surface area contributed by atoms with Gasteiger partial charge in [-0.2, -0.15) is 0 Å². The lowest BCUT2D eigenvalue weighted by atomic mass is 10.1. The molecule has 25 heavy (non-hydrogen) atoms. The summed E-state index contributed by atoms with van der Waals surface area (Å²) >= 11 is 14.0. The minimum absolute atomic E-state index is 0.236. The highest BCUT2D eigenvalue weighted by atomic mass is 35.5. The fourth-order valence-corrected chi connectivity index (χ4v) is 3.81. The number of thiazole rings is 1. The summed E-state index contributed by atoms with van der Waals surface area (Å²) in [7, 11) is 0. The minimum Gasteiger partial charge on any atom is -0.478 e. The molecule has 3 rings (SSSR count). The van der Waals surface area contributed by atoms with Crippen LogP contribution in [0.15, 0.2) is 52.8 Å². The number of carboxylic acids is 1. The summed E-state index contributed by atoms with van der Waals surface area (Å²) in [5.74, 6) is -0.954. The first-order valence-electron chi connectivity index (χ1n) is 7.52. The first-order valence-corrected chi connectivity index (χ1v) is 9.15. The van der Waals surface area contributed by atoms with Crippen LogP contribution >= 0.6 is 34.5 Å². The van der Waals surface area contributed by atoms with E-state index in [2.05, 4.69) is 4.99 Å². The van der Waals surface area contributed by atoms with Crippen molar-refractivity contribution in [3.63, 3.8) is 0 Å². The Morgan fingerprint density at radius 1 is 1.20 bits per heavy atom. The third kappa shape index (κ3) is 3.63. The molecular formula is C18H14Cl2N2O2S. The first-order chi connectivity index (χ1) is 12.0. The molecule has 0 saturated heterocycles. The van der Waals surface area contributed by atoms with Gasteiger partial charge in [-0.05, 0) is 37.3 Å². The fraction of sp³-hybridized carbons (Fsp3) is 0.111. The highest BCUT2D eigenvalue weighted by Crippen LogP contribution is 2.33. The number of hydrogen-bond donors (Lipinski definition) is 1. The quantitative estimate of drug-likeness (QED) is 0.639. The lowest BCUT2D eigenvalue weighted by Gasteiger charge is -2.09. The predicted octanol–water partition coefficient (Wildman–Crippen LogP) is 5.47. The molecule has 128 valence electrons. The molecule has 1 N–H and O–H groups in total. The lowest BCUT2D eigenvalue weighted by Crippen LogP contribution is -2.14. The fourth-order valence-electron chi connectivity index (χ4n) is 2.43. The van der Waals surface area contributed by atoms with Gasteiger partial charge in [-0.3, -0.25) is 0 Å². The topological polar surface area (TPSA) is 54.6 Å². The molecule has 7 heteroatoms. The van der Waals surface area contributed by atoms with Crippen molar-refractivity contribution in [1.29, 1.82) is 0 Å². The molecule has 3 aromatic rings. The number of rotatable bonds is 4. The summed E-state index contributed by atoms with van der Waals surface area (Å²) < 4.78 is 2.05. The number of aromatic nitrogens is 1. The summed E-state index contributed by atoms with van der Waals surface area (Å²) in [4.78, 5) is 16.4. The van der Waals surface area contributed by atoms with E-state index in [-0.39, 0.29) is 5.56 Å². The zero-order valence-corrected chi connectivity index (χ0v) is 15.6. The average molecular weight is 393 g/mol. The van der Waals surface area contributed by atoms with E-state index < -0.39 is 5.97 Å². The van der Waals surface area contributed by atoms with Crippen molar-refractivity contribution >= 4 is 46.2 Å². The average Bonchev–Trinajstić information content (AvgIpc) is 3.00. The van der Waals surface area contributed by atoms with E-state index in [1.54, 1.807) is 30.3 Å². The molecule has 0 bridgehead atoms. The molecule has 4 nitrogen and oxygen atoms in total. The van der Waals surface area contributed by atoms with Crippen LogP contribution < -0.4 is 4.80 Å². The molecule has 0 radical (unpaired) electrons. The maximum absolute atomic E-state index is 10.9. The number of carboxylic acid groups (broad SMARTS) is 1. The van der Waals surface area contributed by atoms with Gasteiger partial charge >= 0.3 is 5.97 Å². The third-order valence-corrected chi connectivity index (χ3v) is 5.36. The summed E-state index contributed by atoms with van der Waals surface area (Å²) in [6, 6.07) is 12.0. The van der Waals surface area contributed by atoms with Crippen LogP contribution in [0.1, 0.15) is 17.3 Å². The van der Waals surface area contributed by atoms with Crippen molar-refractivity contribution in [2.75, 3.05) is 0 Å². The molecule has 0 aliphatic rings. The number of carbonyl (C=O) groups is 1. The zero-order chi connectivity index (χ0) is 18.0. The molecular weight excluding hydrogens is 379 g/mol. The van der Waals surface area contributed by atoms with E-state index in [1.807, 2.05) is 29.0 Å². The maximum Gasteiger partial charge on any atom is 0.335 e. The van der Waals surface area contributed by atoms with Crippen LogP contribution in [0.4, 0.5) is 5.69 Å². The molecule has 1 aromatic heterocycles. The van der Waals surface area contributed by atoms with Gasteiger partial charge < -0.3 is 9.67 Å². The second kappa shape index (κ2) is 7.44. The lowest BCUT2D eigenvalue weighted by molar-refractivity contribution is 0.0697. The summed E-state index contributed by atoms with van der Waals surface area (Å²) in [6.45, 7) is 2.74. The van der Waals surface area contributed by atoms with E-state index in [9.17, 15) is 4.79 Å². The van der Waals surface area contributed by atoms with Crippen LogP contribution in [-0.4, -0.2) is 15.6 Å². The van der Waals surface area contributed by atoms with Crippen molar-refractivity contribution < 1.29 is 9.90 Å². The molecule has 1 heterocycles. The number of hydrogen-bond acceptors (Lipinski definition) is 3. The van der Waals surface area contributed by atoms with E-state index in [1.165, 1.54) is 11.3 Å². The molecule has 0 aliphatic carbocycles. The van der Waals surface area contributed by atoms with E-state index in [4.69, 9.17) is 28.3 Å². The van der Waals surface area contributed by atoms with Crippen molar-refractivity contribution in [3.05, 3.63) is 68.3 Å². The Bertz CT molecular complexity index is 991. The molecule has 0 atom stereocenters. The third-order valence-electron chi connectivity index (χ3n) is 3.68. The highest BCUT2D eigenvalue weighted by Gasteiger charge is 2.12. The Labute approximate surface area is 158 Å². The second-order valence-electron chi connectivity index (χ2n) is 5.21. The van der Waals surface area contributed by atoms with Gasteiger partial charge in [-0.15, -0.1) is 11.3 Å². The Balaban J connectivity index is 2.08. The van der Waals surface area contributed by atoms with Gasteiger partial charge in [-0.1, -0.05) is 35.3 Å². The SMILES string of the molecule is CCn1c(-c2cccc(Cl)c2Cl)csc1=Nc1ccc(C(=O)O)cc1. The summed E-state index contributed by atoms with van der Waals surface area (Å²) in [5, 5.41) is 12.0. The van der Waals surface area contributed by atoms with Crippen LogP contribution in [0.5, 0.6) is 0 Å². The van der Waals surface area contributed by atoms with E-state index >= 15 is 0 Å². The van der Waals surface area contributed by atoms with Gasteiger partial charge in [0.1, 0.15) is 0 Å². The number of halogens is 2. The summed E-state index contributed by atoms with van der Waals surface area (Å²) in [6.07, 6.45) is 0. The summed E-state index contributed by atoms with van der Waals surface area (Å²) in [5.41, 5.74) is 2.73. The smallest absolute Gasteiger partial charge is 0.335 e. The maximum atomic E-state index is 10.9. The Morgan fingerprint density at radius 3 is 2.56 bits per heavy atom. The Hall–Kier alpha value is -2.08. The molecule has 0 unspecified atom stereocenters. The van der Waals surface area contributed by atoms with Gasteiger partial charge in [0.2, 0.25) is 0 Å². The number of aromatic carboxylic acids is 1. The normalized spacial score (nSPS) is 11.7. The number of nitrogens with zero attached hydrogens (tertiary/aromatic N) is 2. The van der Waals surface area contributed by atoms with Crippen LogP contribution in [0.25, 0.3) is 11.3 Å². The predicted molar refractivity (Wildman–Crippen MR) is 102 cm³/mol. The monoisotopic (exact) mass is 392 g/mol. The van der Waals surface area contributed by atoms with Crippen LogP contribution in [0, 0.1) is 0 Å². The Morgan fingerprint density at radius 2 is 1.92 bits per heavy atom.